The predicted molar refractivity (Wildman–Crippen MR) is 247 cm³/mol. The Hall–Kier alpha value is -7.40. The molecule has 0 spiro atoms. The van der Waals surface area contributed by atoms with E-state index in [1.54, 1.807) is 0 Å². The van der Waals surface area contributed by atoms with Crippen molar-refractivity contribution < 1.29 is 4.42 Å². The molecule has 0 aliphatic heterocycles. The summed E-state index contributed by atoms with van der Waals surface area (Å²) >= 11 is 1.87. The first-order valence-corrected chi connectivity index (χ1v) is 20.5. The molecule has 58 heavy (non-hydrogen) atoms. The number of rotatable bonds is 6. The molecule has 0 saturated heterocycles. The van der Waals surface area contributed by atoms with Gasteiger partial charge in [0.05, 0.1) is 22.4 Å². The van der Waals surface area contributed by atoms with E-state index in [0.29, 0.717) is 0 Å². The molecule has 3 aromatic heterocycles. The molecule has 0 aliphatic rings. The van der Waals surface area contributed by atoms with Crippen LogP contribution in [-0.2, 0) is 0 Å². The lowest BCUT2D eigenvalue weighted by Gasteiger charge is -2.27. The third-order valence-electron chi connectivity index (χ3n) is 11.6. The third-order valence-corrected chi connectivity index (χ3v) is 12.8. The molecule has 0 bridgehead atoms. The molecule has 272 valence electrons. The normalized spacial score (nSPS) is 11.8. The van der Waals surface area contributed by atoms with Gasteiger partial charge < -0.3 is 13.9 Å². The van der Waals surface area contributed by atoms with E-state index in [1.807, 2.05) is 23.5 Å². The van der Waals surface area contributed by atoms with Gasteiger partial charge in [0.15, 0.2) is 0 Å². The summed E-state index contributed by atoms with van der Waals surface area (Å²) in [7, 11) is 0. The van der Waals surface area contributed by atoms with Gasteiger partial charge in [-0.1, -0.05) is 146 Å². The average molecular weight is 759 g/mol. The zero-order valence-electron chi connectivity index (χ0n) is 31.3. The zero-order chi connectivity index (χ0) is 38.2. The monoisotopic (exact) mass is 758 g/mol. The van der Waals surface area contributed by atoms with Crippen LogP contribution < -0.4 is 4.90 Å². The third kappa shape index (κ3) is 4.99. The van der Waals surface area contributed by atoms with E-state index in [-0.39, 0.29) is 0 Å². The minimum Gasteiger partial charge on any atom is -0.455 e. The first-order chi connectivity index (χ1) is 28.8. The first-order valence-electron chi connectivity index (χ1n) is 19.7. The van der Waals surface area contributed by atoms with Crippen molar-refractivity contribution in [3.63, 3.8) is 0 Å². The molecule has 3 nitrogen and oxygen atoms in total. The molecular formula is C54H34N2OS. The molecule has 0 radical (unpaired) electrons. The summed E-state index contributed by atoms with van der Waals surface area (Å²) in [5, 5.41) is 7.29. The summed E-state index contributed by atoms with van der Waals surface area (Å²) in [5.74, 6) is 0. The summed E-state index contributed by atoms with van der Waals surface area (Å²) in [6, 6.07) is 74.3. The highest BCUT2D eigenvalue weighted by Crippen LogP contribution is 2.50. The highest BCUT2D eigenvalue weighted by Gasteiger charge is 2.23. The van der Waals surface area contributed by atoms with Crippen LogP contribution in [0.1, 0.15) is 0 Å². The van der Waals surface area contributed by atoms with Gasteiger partial charge in [0.1, 0.15) is 11.2 Å². The number of furan rings is 1. The molecule has 9 aromatic carbocycles. The molecule has 0 fully saturated rings. The molecule has 12 rings (SSSR count). The number of anilines is 3. The summed E-state index contributed by atoms with van der Waals surface area (Å²) in [5.41, 5.74) is 13.4. The van der Waals surface area contributed by atoms with Crippen molar-refractivity contribution in [2.24, 2.45) is 0 Å². The lowest BCUT2D eigenvalue weighted by Crippen LogP contribution is -2.10. The van der Waals surface area contributed by atoms with Gasteiger partial charge in [-0.15, -0.1) is 11.3 Å². The van der Waals surface area contributed by atoms with Crippen LogP contribution in [0, 0.1) is 0 Å². The fraction of sp³-hybridized carbons (Fsp3) is 0. The average Bonchev–Trinajstić information content (AvgIpc) is 3.98. The van der Waals surface area contributed by atoms with Crippen LogP contribution in [0.2, 0.25) is 0 Å². The van der Waals surface area contributed by atoms with Crippen LogP contribution in [0.25, 0.3) is 91.9 Å². The smallest absolute Gasteiger partial charge is 0.143 e. The zero-order valence-corrected chi connectivity index (χ0v) is 32.2. The van der Waals surface area contributed by atoms with Crippen LogP contribution in [0.5, 0.6) is 0 Å². The standard InChI is InChI=1S/C54H34N2OS/c1-2-15-36(16-3-1)55(37-31-29-35(30-32-37)38-22-14-23-43-42-20-7-12-27-50(42)57-53(38)43)49-34-33-44(54-52(49)45-21-8-13-28-51(45)58-54)41-19-6-11-26-48(41)56-46-24-9-4-17-39(46)40-18-5-10-25-47(40)56/h1-34H. The van der Waals surface area contributed by atoms with Crippen molar-refractivity contribution in [1.82, 2.24) is 4.57 Å². The maximum atomic E-state index is 6.45. The molecule has 0 saturated carbocycles. The van der Waals surface area contributed by atoms with E-state index in [4.69, 9.17) is 4.42 Å². The summed E-state index contributed by atoms with van der Waals surface area (Å²) in [6.45, 7) is 0. The van der Waals surface area contributed by atoms with E-state index in [1.165, 1.54) is 58.8 Å². The van der Waals surface area contributed by atoms with Crippen LogP contribution in [0.4, 0.5) is 17.1 Å². The molecule has 0 aliphatic carbocycles. The number of hydrogen-bond acceptors (Lipinski definition) is 3. The molecular weight excluding hydrogens is 725 g/mol. The van der Waals surface area contributed by atoms with Gasteiger partial charge in [-0.25, -0.2) is 0 Å². The van der Waals surface area contributed by atoms with Crippen LogP contribution in [-0.4, -0.2) is 4.57 Å². The maximum absolute atomic E-state index is 6.45. The van der Waals surface area contributed by atoms with Crippen LogP contribution in [0.3, 0.4) is 0 Å². The molecule has 0 atom stereocenters. The Morgan fingerprint density at radius 2 is 1.02 bits per heavy atom. The Morgan fingerprint density at radius 1 is 0.414 bits per heavy atom. The van der Waals surface area contributed by atoms with Crippen molar-refractivity contribution in [1.29, 1.82) is 0 Å². The Labute approximate surface area is 338 Å². The number of hydrogen-bond donors (Lipinski definition) is 0. The van der Waals surface area contributed by atoms with Gasteiger partial charge in [-0.3, -0.25) is 0 Å². The minimum absolute atomic E-state index is 0.907. The Kier molecular flexibility index (Phi) is 7.40. The largest absolute Gasteiger partial charge is 0.455 e. The molecule has 12 aromatic rings. The van der Waals surface area contributed by atoms with Crippen LogP contribution >= 0.6 is 11.3 Å². The highest BCUT2D eigenvalue weighted by molar-refractivity contribution is 7.26. The number of para-hydroxylation sites is 6. The number of thiophene rings is 1. The molecule has 0 amide bonds. The van der Waals surface area contributed by atoms with E-state index in [2.05, 4.69) is 204 Å². The molecule has 0 N–H and O–H groups in total. The van der Waals surface area contributed by atoms with E-state index >= 15 is 0 Å². The number of aromatic nitrogens is 1. The lowest BCUT2D eigenvalue weighted by molar-refractivity contribution is 0.670. The Balaban J connectivity index is 1.06. The van der Waals surface area contributed by atoms with Crippen molar-refractivity contribution in [3.8, 4) is 27.9 Å². The quantitative estimate of drug-likeness (QED) is 0.168. The van der Waals surface area contributed by atoms with Gasteiger partial charge in [0, 0.05) is 69.8 Å². The van der Waals surface area contributed by atoms with Crippen molar-refractivity contribution in [2.75, 3.05) is 4.90 Å². The predicted octanol–water partition coefficient (Wildman–Crippen LogP) is 15.9. The minimum atomic E-state index is 0.907. The second kappa shape index (κ2) is 13.1. The number of nitrogens with zero attached hydrogens (tertiary/aromatic N) is 2. The van der Waals surface area contributed by atoms with Gasteiger partial charge in [0.2, 0.25) is 0 Å². The van der Waals surface area contributed by atoms with Crippen molar-refractivity contribution >= 4 is 92.3 Å². The molecule has 4 heteroatoms. The van der Waals surface area contributed by atoms with Gasteiger partial charge in [-0.05, 0) is 66.2 Å². The van der Waals surface area contributed by atoms with Crippen LogP contribution in [0.15, 0.2) is 211 Å². The summed E-state index contributed by atoms with van der Waals surface area (Å²) in [4.78, 5) is 2.41. The summed E-state index contributed by atoms with van der Waals surface area (Å²) < 4.78 is 11.4. The van der Waals surface area contributed by atoms with Gasteiger partial charge in [0.25, 0.3) is 0 Å². The highest BCUT2D eigenvalue weighted by atomic mass is 32.1. The maximum Gasteiger partial charge on any atom is 0.143 e. The Bertz CT molecular complexity index is 3460. The molecule has 3 heterocycles. The SMILES string of the molecule is c1ccc(N(c2ccc(-c3cccc4c3oc3ccccc34)cc2)c2ccc(-c3ccccc3-n3c4ccccc4c4ccccc43)c3sc4ccccc4c23)cc1. The second-order valence-corrected chi connectivity index (χ2v) is 15.9. The number of benzene rings is 9. The number of fused-ring (bicyclic) bond motifs is 9. The van der Waals surface area contributed by atoms with E-state index in [0.717, 1.165) is 50.1 Å². The fourth-order valence-electron chi connectivity index (χ4n) is 9.06. The first kappa shape index (κ1) is 32.8. The van der Waals surface area contributed by atoms with E-state index < -0.39 is 0 Å². The van der Waals surface area contributed by atoms with Gasteiger partial charge >= 0.3 is 0 Å². The fourth-order valence-corrected chi connectivity index (χ4v) is 10.3. The second-order valence-electron chi connectivity index (χ2n) is 14.8. The van der Waals surface area contributed by atoms with Gasteiger partial charge in [-0.2, -0.15) is 0 Å². The summed E-state index contributed by atoms with van der Waals surface area (Å²) in [6.07, 6.45) is 0. The molecule has 0 unspecified atom stereocenters. The van der Waals surface area contributed by atoms with Crippen molar-refractivity contribution in [3.05, 3.63) is 206 Å². The Morgan fingerprint density at radius 3 is 1.81 bits per heavy atom. The van der Waals surface area contributed by atoms with E-state index in [9.17, 15) is 0 Å². The topological polar surface area (TPSA) is 21.3 Å². The lowest BCUT2D eigenvalue weighted by atomic mass is 9.98. The van der Waals surface area contributed by atoms with Crippen molar-refractivity contribution in [2.45, 2.75) is 0 Å².